The van der Waals surface area contributed by atoms with E-state index in [-0.39, 0.29) is 5.82 Å². The van der Waals surface area contributed by atoms with Crippen molar-refractivity contribution in [3.05, 3.63) is 29.1 Å². The van der Waals surface area contributed by atoms with Gasteiger partial charge in [0.25, 0.3) is 0 Å². The minimum Gasteiger partial charge on any atom is -0.389 e. The van der Waals surface area contributed by atoms with E-state index in [9.17, 15) is 9.50 Å². The molecule has 102 valence electrons. The van der Waals surface area contributed by atoms with Gasteiger partial charge in [0.1, 0.15) is 5.82 Å². The van der Waals surface area contributed by atoms with Gasteiger partial charge in [0, 0.05) is 23.8 Å². The Balaban J connectivity index is 3.31. The third-order valence-electron chi connectivity index (χ3n) is 3.53. The van der Waals surface area contributed by atoms with Crippen LogP contribution in [0.3, 0.4) is 0 Å². The number of rotatable bonds is 5. The molecule has 0 fully saturated rings. The van der Waals surface area contributed by atoms with Gasteiger partial charge in [0.15, 0.2) is 0 Å². The van der Waals surface area contributed by atoms with E-state index in [1.807, 2.05) is 6.07 Å². The van der Waals surface area contributed by atoms with Gasteiger partial charge in [-0.1, -0.05) is 6.92 Å². The number of hydrogen-bond donors (Lipinski definition) is 1. The zero-order valence-electron chi connectivity index (χ0n) is 12.0. The average Bonchev–Trinajstić information content (AvgIpc) is 2.33. The zero-order valence-corrected chi connectivity index (χ0v) is 12.0. The lowest BCUT2D eigenvalue weighted by atomic mass is 10.0. The topological polar surface area (TPSA) is 23.5 Å². The molecular formula is C15H24FNO. The van der Waals surface area contributed by atoms with Crippen molar-refractivity contribution in [3.8, 4) is 0 Å². The molecule has 0 aliphatic rings. The van der Waals surface area contributed by atoms with Crippen LogP contribution in [0.1, 0.15) is 51.3 Å². The second-order valence-electron chi connectivity index (χ2n) is 4.88. The normalized spacial score (nSPS) is 14.4. The van der Waals surface area contributed by atoms with E-state index in [2.05, 4.69) is 25.7 Å². The third-order valence-corrected chi connectivity index (χ3v) is 3.53. The minimum absolute atomic E-state index is 0.255. The first-order valence-corrected chi connectivity index (χ1v) is 6.67. The molecule has 1 rings (SSSR count). The monoisotopic (exact) mass is 253 g/mol. The fourth-order valence-corrected chi connectivity index (χ4v) is 2.20. The highest BCUT2D eigenvalue weighted by Gasteiger charge is 2.19. The summed E-state index contributed by atoms with van der Waals surface area (Å²) in [5.74, 6) is -0.255. The first-order valence-electron chi connectivity index (χ1n) is 6.67. The van der Waals surface area contributed by atoms with Crippen LogP contribution in [0, 0.1) is 12.7 Å². The van der Waals surface area contributed by atoms with Crippen LogP contribution < -0.4 is 4.90 Å². The summed E-state index contributed by atoms with van der Waals surface area (Å²) in [6.45, 7) is 10.6. The van der Waals surface area contributed by atoms with Crippen LogP contribution in [0.2, 0.25) is 0 Å². The van der Waals surface area contributed by atoms with Crippen molar-refractivity contribution in [2.45, 2.75) is 53.2 Å². The second kappa shape index (κ2) is 6.19. The number of halogens is 1. The average molecular weight is 253 g/mol. The molecule has 2 unspecified atom stereocenters. The maximum Gasteiger partial charge on any atom is 0.126 e. The second-order valence-corrected chi connectivity index (χ2v) is 4.88. The van der Waals surface area contributed by atoms with Crippen molar-refractivity contribution in [2.24, 2.45) is 0 Å². The molecule has 1 aromatic carbocycles. The van der Waals surface area contributed by atoms with Crippen LogP contribution in [-0.4, -0.2) is 17.7 Å². The molecule has 0 aliphatic carbocycles. The van der Waals surface area contributed by atoms with E-state index in [1.165, 1.54) is 6.07 Å². The Morgan fingerprint density at radius 1 is 1.28 bits per heavy atom. The van der Waals surface area contributed by atoms with E-state index in [1.54, 1.807) is 13.8 Å². The summed E-state index contributed by atoms with van der Waals surface area (Å²) in [4.78, 5) is 2.22. The molecule has 1 aromatic rings. The number of benzene rings is 1. The summed E-state index contributed by atoms with van der Waals surface area (Å²) in [5.41, 5.74) is 2.23. The first kappa shape index (κ1) is 15.0. The number of anilines is 1. The van der Waals surface area contributed by atoms with Crippen LogP contribution in [-0.2, 0) is 0 Å². The van der Waals surface area contributed by atoms with Crippen LogP contribution in [0.15, 0.2) is 12.1 Å². The van der Waals surface area contributed by atoms with Gasteiger partial charge >= 0.3 is 0 Å². The van der Waals surface area contributed by atoms with Gasteiger partial charge in [-0.15, -0.1) is 0 Å². The summed E-state index contributed by atoms with van der Waals surface area (Å²) >= 11 is 0. The summed E-state index contributed by atoms with van der Waals surface area (Å²) in [5, 5.41) is 9.83. The molecule has 0 bridgehead atoms. The maximum atomic E-state index is 13.6. The smallest absolute Gasteiger partial charge is 0.126 e. The molecule has 1 N–H and O–H groups in total. The number of aryl methyl sites for hydroxylation is 1. The van der Waals surface area contributed by atoms with Gasteiger partial charge in [-0.25, -0.2) is 4.39 Å². The van der Waals surface area contributed by atoms with E-state index < -0.39 is 6.10 Å². The standard InChI is InChI=1S/C15H24FNO/c1-6-11(4)17(7-2)15-8-10(3)14(16)9-13(15)12(5)18/h8-9,11-12,18H,6-7H2,1-5H3. The zero-order chi connectivity index (χ0) is 13.9. The Hall–Kier alpha value is -1.09. The predicted molar refractivity (Wildman–Crippen MR) is 74.5 cm³/mol. The maximum absolute atomic E-state index is 13.6. The Morgan fingerprint density at radius 3 is 2.33 bits per heavy atom. The minimum atomic E-state index is -0.659. The van der Waals surface area contributed by atoms with Crippen LogP contribution in [0.5, 0.6) is 0 Å². The molecule has 0 spiro atoms. The van der Waals surface area contributed by atoms with E-state index in [0.29, 0.717) is 17.2 Å². The molecule has 0 amide bonds. The summed E-state index contributed by atoms with van der Waals surface area (Å²) < 4.78 is 13.6. The van der Waals surface area contributed by atoms with Crippen LogP contribution >= 0.6 is 0 Å². The first-order chi connectivity index (χ1) is 8.42. The van der Waals surface area contributed by atoms with E-state index in [0.717, 1.165) is 18.7 Å². The number of aliphatic hydroxyl groups excluding tert-OH is 1. The van der Waals surface area contributed by atoms with Crippen molar-refractivity contribution >= 4 is 5.69 Å². The lowest BCUT2D eigenvalue weighted by Gasteiger charge is -2.32. The van der Waals surface area contributed by atoms with Crippen molar-refractivity contribution in [2.75, 3.05) is 11.4 Å². The molecule has 0 heterocycles. The molecule has 18 heavy (non-hydrogen) atoms. The van der Waals surface area contributed by atoms with Crippen molar-refractivity contribution < 1.29 is 9.50 Å². The highest BCUT2D eigenvalue weighted by Crippen LogP contribution is 2.31. The van der Waals surface area contributed by atoms with Crippen molar-refractivity contribution in [3.63, 3.8) is 0 Å². The highest BCUT2D eigenvalue weighted by atomic mass is 19.1. The Kier molecular flexibility index (Phi) is 5.15. The van der Waals surface area contributed by atoms with Gasteiger partial charge < -0.3 is 10.0 Å². The summed E-state index contributed by atoms with van der Waals surface area (Å²) in [6.07, 6.45) is 0.358. The summed E-state index contributed by atoms with van der Waals surface area (Å²) in [7, 11) is 0. The Bertz CT molecular complexity index is 404. The van der Waals surface area contributed by atoms with E-state index >= 15 is 0 Å². The molecule has 0 saturated heterocycles. The number of hydrogen-bond acceptors (Lipinski definition) is 2. The SMILES string of the molecule is CCC(C)N(CC)c1cc(C)c(F)cc1C(C)O. The van der Waals surface area contributed by atoms with Gasteiger partial charge in [-0.2, -0.15) is 0 Å². The molecule has 0 aliphatic heterocycles. The van der Waals surface area contributed by atoms with Crippen LogP contribution in [0.25, 0.3) is 0 Å². The molecule has 3 heteroatoms. The highest BCUT2D eigenvalue weighted by molar-refractivity contribution is 5.57. The van der Waals surface area contributed by atoms with E-state index in [4.69, 9.17) is 0 Å². The fourth-order valence-electron chi connectivity index (χ4n) is 2.20. The Morgan fingerprint density at radius 2 is 1.89 bits per heavy atom. The molecule has 0 radical (unpaired) electrons. The summed E-state index contributed by atoms with van der Waals surface area (Å²) in [6, 6.07) is 3.67. The molecular weight excluding hydrogens is 229 g/mol. The Labute approximate surface area is 109 Å². The van der Waals surface area contributed by atoms with Gasteiger partial charge in [-0.05, 0) is 51.8 Å². The number of aliphatic hydroxyl groups is 1. The van der Waals surface area contributed by atoms with Crippen LogP contribution in [0.4, 0.5) is 10.1 Å². The molecule has 2 atom stereocenters. The lowest BCUT2D eigenvalue weighted by Crippen LogP contribution is -2.33. The van der Waals surface area contributed by atoms with Crippen molar-refractivity contribution in [1.29, 1.82) is 0 Å². The van der Waals surface area contributed by atoms with Gasteiger partial charge in [-0.3, -0.25) is 0 Å². The quantitative estimate of drug-likeness (QED) is 0.862. The van der Waals surface area contributed by atoms with Gasteiger partial charge in [0.05, 0.1) is 6.10 Å². The molecule has 0 aromatic heterocycles. The van der Waals surface area contributed by atoms with Crippen molar-refractivity contribution in [1.82, 2.24) is 0 Å². The number of nitrogens with zero attached hydrogens (tertiary/aromatic N) is 1. The lowest BCUT2D eigenvalue weighted by molar-refractivity contribution is 0.199. The van der Waals surface area contributed by atoms with Gasteiger partial charge in [0.2, 0.25) is 0 Å². The molecule has 0 saturated carbocycles. The third kappa shape index (κ3) is 3.02. The fraction of sp³-hybridized carbons (Fsp3) is 0.600. The molecule has 2 nitrogen and oxygen atoms in total. The largest absolute Gasteiger partial charge is 0.389 e. The predicted octanol–water partition coefficient (Wildman–Crippen LogP) is 3.81.